The van der Waals surface area contributed by atoms with Gasteiger partial charge in [0.15, 0.2) is 0 Å². The molecular formula is C17H19N3O2S2. The van der Waals surface area contributed by atoms with Crippen LogP contribution in [0.5, 0.6) is 0 Å². The fraction of sp³-hybridized carbons (Fsp3) is 0.353. The van der Waals surface area contributed by atoms with Crippen molar-refractivity contribution in [3.8, 4) is 0 Å². The number of thioether (sulfide) groups is 1. The monoisotopic (exact) mass is 361 g/mol. The van der Waals surface area contributed by atoms with Crippen LogP contribution in [0.25, 0.3) is 0 Å². The fourth-order valence-corrected chi connectivity index (χ4v) is 4.26. The van der Waals surface area contributed by atoms with Crippen molar-refractivity contribution in [3.63, 3.8) is 0 Å². The highest BCUT2D eigenvalue weighted by Crippen LogP contribution is 2.23. The first kappa shape index (κ1) is 17.0. The van der Waals surface area contributed by atoms with Gasteiger partial charge in [0.25, 0.3) is 5.91 Å². The van der Waals surface area contributed by atoms with Gasteiger partial charge in [-0.05, 0) is 19.1 Å². The van der Waals surface area contributed by atoms with Gasteiger partial charge in [-0.25, -0.2) is 4.98 Å². The first-order valence-electron chi connectivity index (χ1n) is 7.75. The van der Waals surface area contributed by atoms with Crippen molar-refractivity contribution in [3.05, 3.63) is 52.0 Å². The van der Waals surface area contributed by atoms with Crippen molar-refractivity contribution in [2.45, 2.75) is 19.4 Å². The third kappa shape index (κ3) is 3.96. The topological polar surface area (TPSA) is 62.3 Å². The molecule has 1 aliphatic rings. The number of benzene rings is 1. The SMILES string of the molecule is Cc1ccc(C(=O)N2CSC[C@@H]2C(=O)NCCc2cscn2)cc1. The molecule has 1 aromatic carbocycles. The number of aromatic nitrogens is 1. The zero-order chi connectivity index (χ0) is 16.9. The first-order valence-corrected chi connectivity index (χ1v) is 9.85. The number of amides is 2. The van der Waals surface area contributed by atoms with E-state index >= 15 is 0 Å². The van der Waals surface area contributed by atoms with Crippen molar-refractivity contribution in [2.75, 3.05) is 18.2 Å². The summed E-state index contributed by atoms with van der Waals surface area (Å²) in [7, 11) is 0. The molecule has 7 heteroatoms. The van der Waals surface area contributed by atoms with Crippen LogP contribution in [0.15, 0.2) is 35.2 Å². The Labute approximate surface area is 149 Å². The summed E-state index contributed by atoms with van der Waals surface area (Å²) in [6.07, 6.45) is 0.709. The molecule has 2 heterocycles. The Bertz CT molecular complexity index is 701. The average molecular weight is 361 g/mol. The lowest BCUT2D eigenvalue weighted by molar-refractivity contribution is -0.124. The lowest BCUT2D eigenvalue weighted by atomic mass is 10.1. The van der Waals surface area contributed by atoms with E-state index in [-0.39, 0.29) is 11.8 Å². The van der Waals surface area contributed by atoms with Crippen molar-refractivity contribution < 1.29 is 9.59 Å². The molecule has 0 unspecified atom stereocenters. The largest absolute Gasteiger partial charge is 0.354 e. The molecule has 1 atom stereocenters. The summed E-state index contributed by atoms with van der Waals surface area (Å²) in [5.74, 6) is 1.02. The Morgan fingerprint density at radius 1 is 1.33 bits per heavy atom. The highest BCUT2D eigenvalue weighted by molar-refractivity contribution is 7.99. The number of rotatable bonds is 5. The zero-order valence-corrected chi connectivity index (χ0v) is 15.0. The molecule has 1 aromatic heterocycles. The maximum Gasteiger partial charge on any atom is 0.255 e. The van der Waals surface area contributed by atoms with Crippen LogP contribution in [0.3, 0.4) is 0 Å². The third-order valence-corrected chi connectivity index (χ3v) is 5.56. The lowest BCUT2D eigenvalue weighted by Crippen LogP contribution is -2.47. The van der Waals surface area contributed by atoms with E-state index in [1.165, 1.54) is 0 Å². The highest BCUT2D eigenvalue weighted by Gasteiger charge is 2.34. The maximum absolute atomic E-state index is 12.7. The summed E-state index contributed by atoms with van der Waals surface area (Å²) in [5.41, 5.74) is 4.50. The van der Waals surface area contributed by atoms with Crippen LogP contribution < -0.4 is 5.32 Å². The van der Waals surface area contributed by atoms with E-state index in [0.29, 0.717) is 30.2 Å². The molecule has 1 saturated heterocycles. The number of thiazole rings is 1. The molecule has 0 saturated carbocycles. The fourth-order valence-electron chi connectivity index (χ4n) is 2.51. The van der Waals surface area contributed by atoms with Gasteiger partial charge in [0.1, 0.15) is 6.04 Å². The van der Waals surface area contributed by atoms with Crippen LogP contribution in [0.1, 0.15) is 21.6 Å². The smallest absolute Gasteiger partial charge is 0.255 e. The number of hydrogen-bond acceptors (Lipinski definition) is 5. The molecular weight excluding hydrogens is 342 g/mol. The van der Waals surface area contributed by atoms with Crippen LogP contribution in [0.4, 0.5) is 0 Å². The van der Waals surface area contributed by atoms with Gasteiger partial charge in [-0.2, -0.15) is 0 Å². The van der Waals surface area contributed by atoms with Crippen LogP contribution in [0.2, 0.25) is 0 Å². The second-order valence-electron chi connectivity index (χ2n) is 5.68. The quantitative estimate of drug-likeness (QED) is 0.888. The van der Waals surface area contributed by atoms with E-state index in [1.807, 2.05) is 36.6 Å². The van der Waals surface area contributed by atoms with Gasteiger partial charge >= 0.3 is 0 Å². The predicted molar refractivity (Wildman–Crippen MR) is 97.3 cm³/mol. The van der Waals surface area contributed by atoms with E-state index in [4.69, 9.17) is 0 Å². The van der Waals surface area contributed by atoms with Crippen LogP contribution in [0, 0.1) is 6.92 Å². The number of nitrogens with zero attached hydrogens (tertiary/aromatic N) is 2. The van der Waals surface area contributed by atoms with Gasteiger partial charge in [0.2, 0.25) is 5.91 Å². The molecule has 0 bridgehead atoms. The van der Waals surface area contributed by atoms with Gasteiger partial charge in [-0.3, -0.25) is 9.59 Å². The van der Waals surface area contributed by atoms with Crippen molar-refractivity contribution in [1.29, 1.82) is 0 Å². The summed E-state index contributed by atoms with van der Waals surface area (Å²) in [6, 6.07) is 7.06. The average Bonchev–Trinajstić information content (AvgIpc) is 3.26. The molecule has 0 radical (unpaired) electrons. The van der Waals surface area contributed by atoms with Gasteiger partial charge in [-0.15, -0.1) is 23.1 Å². The summed E-state index contributed by atoms with van der Waals surface area (Å²) >= 11 is 3.16. The van der Waals surface area contributed by atoms with Crippen molar-refractivity contribution in [1.82, 2.24) is 15.2 Å². The Kier molecular flexibility index (Phi) is 5.52. The standard InChI is InChI=1S/C17H19N3O2S2/c1-12-2-4-13(5-3-12)17(22)20-11-24-9-15(20)16(21)18-7-6-14-8-23-10-19-14/h2-5,8,10,15H,6-7,9,11H2,1H3,(H,18,21)/t15-/m1/s1. The minimum Gasteiger partial charge on any atom is -0.354 e. The zero-order valence-electron chi connectivity index (χ0n) is 13.4. The second kappa shape index (κ2) is 7.81. The number of nitrogens with one attached hydrogen (secondary N) is 1. The molecule has 3 rings (SSSR count). The molecule has 0 aliphatic carbocycles. The van der Waals surface area contributed by atoms with E-state index < -0.39 is 6.04 Å². The van der Waals surface area contributed by atoms with Crippen LogP contribution in [-0.4, -0.2) is 45.9 Å². The normalized spacial score (nSPS) is 17.0. The first-order chi connectivity index (χ1) is 11.6. The Balaban J connectivity index is 1.58. The summed E-state index contributed by atoms with van der Waals surface area (Å²) < 4.78 is 0. The van der Waals surface area contributed by atoms with Crippen molar-refractivity contribution >= 4 is 34.9 Å². The Morgan fingerprint density at radius 3 is 2.83 bits per heavy atom. The Morgan fingerprint density at radius 2 is 2.12 bits per heavy atom. The lowest BCUT2D eigenvalue weighted by Gasteiger charge is -2.23. The minimum absolute atomic E-state index is 0.0837. The van der Waals surface area contributed by atoms with Gasteiger partial charge in [0.05, 0.1) is 17.1 Å². The van der Waals surface area contributed by atoms with Gasteiger partial charge in [-0.1, -0.05) is 17.7 Å². The highest BCUT2D eigenvalue weighted by atomic mass is 32.2. The molecule has 126 valence electrons. The molecule has 5 nitrogen and oxygen atoms in total. The minimum atomic E-state index is -0.403. The summed E-state index contributed by atoms with van der Waals surface area (Å²) in [5, 5.41) is 4.90. The third-order valence-electron chi connectivity index (χ3n) is 3.91. The van der Waals surface area contributed by atoms with E-state index in [9.17, 15) is 9.59 Å². The molecule has 1 fully saturated rings. The molecule has 1 aliphatic heterocycles. The molecule has 0 spiro atoms. The molecule has 2 aromatic rings. The predicted octanol–water partition coefficient (Wildman–Crippen LogP) is 2.33. The molecule has 24 heavy (non-hydrogen) atoms. The van der Waals surface area contributed by atoms with Crippen LogP contribution >= 0.6 is 23.1 Å². The van der Waals surface area contributed by atoms with Crippen molar-refractivity contribution in [2.24, 2.45) is 0 Å². The maximum atomic E-state index is 12.7. The number of carbonyl (C=O) groups is 2. The summed E-state index contributed by atoms with van der Waals surface area (Å²) in [6.45, 7) is 2.52. The van der Waals surface area contributed by atoms with E-state index in [0.717, 1.165) is 11.3 Å². The Hall–Kier alpha value is -1.86. The molecule has 1 N–H and O–H groups in total. The van der Waals surface area contributed by atoms with Gasteiger partial charge < -0.3 is 10.2 Å². The van der Waals surface area contributed by atoms with E-state index in [2.05, 4.69) is 10.3 Å². The second-order valence-corrected chi connectivity index (χ2v) is 7.40. The number of hydrogen-bond donors (Lipinski definition) is 1. The van der Waals surface area contributed by atoms with E-state index in [1.54, 1.807) is 33.5 Å². The van der Waals surface area contributed by atoms with Crippen LogP contribution in [-0.2, 0) is 11.2 Å². The number of aryl methyl sites for hydroxylation is 1. The summed E-state index contributed by atoms with van der Waals surface area (Å²) in [4.78, 5) is 31.0. The number of carbonyl (C=O) groups excluding carboxylic acids is 2. The van der Waals surface area contributed by atoms with Gasteiger partial charge in [0, 0.05) is 29.7 Å². The molecule has 2 amide bonds.